The molecular weight excluding hydrogens is 224 g/mol. The highest BCUT2D eigenvalue weighted by molar-refractivity contribution is 4.88. The highest BCUT2D eigenvalue weighted by atomic mass is 16.5. The summed E-state index contributed by atoms with van der Waals surface area (Å²) in [5.74, 6) is 0. The molecule has 2 rings (SSSR count). The Morgan fingerprint density at radius 2 is 1.94 bits per heavy atom. The minimum absolute atomic E-state index is 0.0836. The average Bonchev–Trinajstić information content (AvgIpc) is 2.36. The Morgan fingerprint density at radius 3 is 2.56 bits per heavy atom. The smallest absolute Gasteiger partial charge is 0.0641 e. The van der Waals surface area contributed by atoms with Gasteiger partial charge in [0.05, 0.1) is 5.60 Å². The van der Waals surface area contributed by atoms with Crippen molar-refractivity contribution in [2.45, 2.75) is 70.6 Å². The van der Waals surface area contributed by atoms with Crippen molar-refractivity contribution in [1.29, 1.82) is 0 Å². The van der Waals surface area contributed by atoms with Crippen LogP contribution >= 0.6 is 0 Å². The van der Waals surface area contributed by atoms with Gasteiger partial charge in [0.25, 0.3) is 0 Å². The molecule has 1 N–H and O–H groups in total. The quantitative estimate of drug-likeness (QED) is 0.834. The number of likely N-dealkylation sites (tertiary alicyclic amines) is 1. The van der Waals surface area contributed by atoms with Gasteiger partial charge in [0, 0.05) is 18.7 Å². The molecule has 0 amide bonds. The van der Waals surface area contributed by atoms with E-state index >= 15 is 0 Å². The van der Waals surface area contributed by atoms with Crippen LogP contribution in [0.4, 0.5) is 0 Å². The number of hydrogen-bond acceptors (Lipinski definition) is 3. The lowest BCUT2D eigenvalue weighted by molar-refractivity contribution is -0.0860. The second-order valence-electron chi connectivity index (χ2n) is 6.52. The molecule has 1 atom stereocenters. The van der Waals surface area contributed by atoms with E-state index in [2.05, 4.69) is 31.0 Å². The maximum absolute atomic E-state index is 5.82. The Bertz CT molecular complexity index is 247. The van der Waals surface area contributed by atoms with Gasteiger partial charge in [-0.1, -0.05) is 6.92 Å². The minimum atomic E-state index is 0.0836. The van der Waals surface area contributed by atoms with Crippen LogP contribution in [0.3, 0.4) is 0 Å². The lowest BCUT2D eigenvalue weighted by atomic mass is 9.91. The average molecular weight is 254 g/mol. The van der Waals surface area contributed by atoms with Crippen molar-refractivity contribution >= 4 is 0 Å². The maximum Gasteiger partial charge on any atom is 0.0641 e. The minimum Gasteiger partial charge on any atom is -0.375 e. The number of ether oxygens (including phenoxy) is 1. The van der Waals surface area contributed by atoms with Crippen molar-refractivity contribution in [2.24, 2.45) is 0 Å². The van der Waals surface area contributed by atoms with E-state index in [1.807, 2.05) is 0 Å². The Hall–Kier alpha value is -0.120. The fourth-order valence-corrected chi connectivity index (χ4v) is 3.33. The monoisotopic (exact) mass is 254 g/mol. The molecule has 0 aliphatic carbocycles. The number of piperidine rings is 1. The summed E-state index contributed by atoms with van der Waals surface area (Å²) in [5.41, 5.74) is 0.0836. The molecule has 2 heterocycles. The van der Waals surface area contributed by atoms with E-state index in [4.69, 9.17) is 4.74 Å². The van der Waals surface area contributed by atoms with Crippen molar-refractivity contribution in [1.82, 2.24) is 10.2 Å². The third-order valence-electron chi connectivity index (χ3n) is 4.40. The third kappa shape index (κ3) is 3.94. The molecule has 0 spiro atoms. The molecule has 2 fully saturated rings. The van der Waals surface area contributed by atoms with Gasteiger partial charge in [-0.2, -0.15) is 0 Å². The molecule has 106 valence electrons. The molecule has 3 heteroatoms. The van der Waals surface area contributed by atoms with E-state index in [-0.39, 0.29) is 5.60 Å². The van der Waals surface area contributed by atoms with Gasteiger partial charge in [0.1, 0.15) is 0 Å². The first kappa shape index (κ1) is 14.3. The summed E-state index contributed by atoms with van der Waals surface area (Å²) in [6.45, 7) is 11.3. The summed E-state index contributed by atoms with van der Waals surface area (Å²) in [4.78, 5) is 2.70. The normalized spacial score (nSPS) is 30.5. The molecule has 1 unspecified atom stereocenters. The van der Waals surface area contributed by atoms with Gasteiger partial charge in [-0.15, -0.1) is 0 Å². The molecule has 2 aliphatic rings. The van der Waals surface area contributed by atoms with Crippen LogP contribution < -0.4 is 5.32 Å². The Labute approximate surface area is 112 Å². The van der Waals surface area contributed by atoms with Gasteiger partial charge >= 0.3 is 0 Å². The number of nitrogens with zero attached hydrogens (tertiary/aromatic N) is 1. The standard InChI is InChI=1S/C15H30N2O/c1-4-8-16-13-5-9-17(10-6-13)14-7-11-18-15(2,3)12-14/h13-14,16H,4-12H2,1-3H3. The molecule has 0 aromatic carbocycles. The summed E-state index contributed by atoms with van der Waals surface area (Å²) in [6.07, 6.45) is 6.29. The second kappa shape index (κ2) is 6.36. The zero-order valence-corrected chi connectivity index (χ0v) is 12.4. The fourth-order valence-electron chi connectivity index (χ4n) is 3.33. The topological polar surface area (TPSA) is 24.5 Å². The first-order valence-electron chi connectivity index (χ1n) is 7.72. The number of hydrogen-bond donors (Lipinski definition) is 1. The number of rotatable bonds is 4. The van der Waals surface area contributed by atoms with Crippen molar-refractivity contribution in [3.8, 4) is 0 Å². The summed E-state index contributed by atoms with van der Waals surface area (Å²) < 4.78 is 5.82. The molecule has 3 nitrogen and oxygen atoms in total. The third-order valence-corrected chi connectivity index (χ3v) is 4.40. The molecule has 0 saturated carbocycles. The number of nitrogens with one attached hydrogen (secondary N) is 1. The van der Waals surface area contributed by atoms with Crippen LogP contribution in [-0.2, 0) is 4.74 Å². The summed E-state index contributed by atoms with van der Waals surface area (Å²) in [6, 6.07) is 1.51. The van der Waals surface area contributed by atoms with Crippen LogP contribution in [0.5, 0.6) is 0 Å². The Balaban J connectivity index is 1.75. The van der Waals surface area contributed by atoms with Crippen molar-refractivity contribution in [2.75, 3.05) is 26.2 Å². The summed E-state index contributed by atoms with van der Waals surface area (Å²) in [7, 11) is 0. The Morgan fingerprint density at radius 1 is 1.22 bits per heavy atom. The zero-order valence-electron chi connectivity index (χ0n) is 12.4. The van der Waals surface area contributed by atoms with Crippen LogP contribution in [0.1, 0.15) is 52.9 Å². The van der Waals surface area contributed by atoms with Crippen molar-refractivity contribution in [3.63, 3.8) is 0 Å². The summed E-state index contributed by atoms with van der Waals surface area (Å²) in [5, 5.41) is 3.66. The van der Waals surface area contributed by atoms with E-state index in [9.17, 15) is 0 Å². The van der Waals surface area contributed by atoms with Gasteiger partial charge in [0.2, 0.25) is 0 Å². The lowest BCUT2D eigenvalue weighted by Gasteiger charge is -2.44. The summed E-state index contributed by atoms with van der Waals surface area (Å²) >= 11 is 0. The largest absolute Gasteiger partial charge is 0.375 e. The van der Waals surface area contributed by atoms with Crippen LogP contribution in [0.2, 0.25) is 0 Å². The molecular formula is C15H30N2O. The SMILES string of the molecule is CCCNC1CCN(C2CCOC(C)(C)C2)CC1. The van der Waals surface area contributed by atoms with Crippen LogP contribution in [0.15, 0.2) is 0 Å². The van der Waals surface area contributed by atoms with Gasteiger partial charge in [0.15, 0.2) is 0 Å². The molecule has 0 bridgehead atoms. The molecule has 18 heavy (non-hydrogen) atoms. The van der Waals surface area contributed by atoms with Gasteiger partial charge in [-0.25, -0.2) is 0 Å². The lowest BCUT2D eigenvalue weighted by Crippen LogP contribution is -2.51. The van der Waals surface area contributed by atoms with Crippen molar-refractivity contribution in [3.05, 3.63) is 0 Å². The molecule has 2 aliphatic heterocycles. The van der Waals surface area contributed by atoms with Gasteiger partial charge in [-0.3, -0.25) is 0 Å². The van der Waals surface area contributed by atoms with Crippen LogP contribution in [0, 0.1) is 0 Å². The van der Waals surface area contributed by atoms with E-state index in [0.717, 1.165) is 18.7 Å². The maximum atomic E-state index is 5.82. The first-order chi connectivity index (χ1) is 8.61. The van der Waals surface area contributed by atoms with Crippen LogP contribution in [-0.4, -0.2) is 48.8 Å². The highest BCUT2D eigenvalue weighted by Gasteiger charge is 2.33. The van der Waals surface area contributed by atoms with Crippen molar-refractivity contribution < 1.29 is 4.74 Å². The fraction of sp³-hybridized carbons (Fsp3) is 1.00. The second-order valence-corrected chi connectivity index (χ2v) is 6.52. The molecule has 2 saturated heterocycles. The molecule has 0 radical (unpaired) electrons. The predicted molar refractivity (Wildman–Crippen MR) is 75.9 cm³/mol. The zero-order chi connectivity index (χ0) is 13.0. The van der Waals surface area contributed by atoms with E-state index in [1.54, 1.807) is 0 Å². The van der Waals surface area contributed by atoms with Crippen LogP contribution in [0.25, 0.3) is 0 Å². The van der Waals surface area contributed by atoms with E-state index in [0.29, 0.717) is 0 Å². The van der Waals surface area contributed by atoms with E-state index < -0.39 is 0 Å². The first-order valence-corrected chi connectivity index (χ1v) is 7.72. The predicted octanol–water partition coefficient (Wildman–Crippen LogP) is 2.41. The van der Waals surface area contributed by atoms with Gasteiger partial charge in [-0.05, 0) is 65.6 Å². The molecule has 0 aromatic rings. The molecule has 0 aromatic heterocycles. The highest BCUT2D eigenvalue weighted by Crippen LogP contribution is 2.29. The Kier molecular flexibility index (Phi) is 5.05. The van der Waals surface area contributed by atoms with Gasteiger partial charge < -0.3 is 15.0 Å². The van der Waals surface area contributed by atoms with E-state index in [1.165, 1.54) is 51.7 Å².